The van der Waals surface area contributed by atoms with Gasteiger partial charge in [0.05, 0.1) is 5.02 Å². The molecule has 0 spiro atoms. The maximum atomic E-state index is 12.2. The molecule has 3 heteroatoms. The molecule has 0 bridgehead atoms. The molecular formula is C15H12ClNO. The van der Waals surface area contributed by atoms with Crippen LogP contribution >= 0.6 is 11.6 Å². The first-order valence-corrected chi connectivity index (χ1v) is 6.32. The fourth-order valence-electron chi connectivity index (χ4n) is 2.40. The molecule has 0 aliphatic heterocycles. The summed E-state index contributed by atoms with van der Waals surface area (Å²) < 4.78 is 0. The van der Waals surface area contributed by atoms with Crippen molar-refractivity contribution in [3.8, 4) is 0 Å². The first kappa shape index (κ1) is 11.4. The Balaban J connectivity index is 1.77. The van der Waals surface area contributed by atoms with Gasteiger partial charge in [0.2, 0.25) is 0 Å². The topological polar surface area (TPSA) is 30.0 Å². The molecule has 0 fully saturated rings. The third kappa shape index (κ3) is 1.93. The largest absolute Gasteiger partial charge is 0.299 e. The minimum absolute atomic E-state index is 0.0467. The molecule has 1 aromatic heterocycles. The van der Waals surface area contributed by atoms with Gasteiger partial charge in [-0.3, -0.25) is 9.78 Å². The van der Waals surface area contributed by atoms with E-state index in [4.69, 9.17) is 11.6 Å². The predicted octanol–water partition coefficient (Wildman–Crippen LogP) is 3.19. The van der Waals surface area contributed by atoms with Crippen molar-refractivity contribution in [2.24, 2.45) is 0 Å². The number of fused-ring (bicyclic) bond motifs is 1. The van der Waals surface area contributed by atoms with Crippen LogP contribution in [0.3, 0.4) is 0 Å². The van der Waals surface area contributed by atoms with Crippen LogP contribution in [0.4, 0.5) is 0 Å². The van der Waals surface area contributed by atoms with Crippen LogP contribution in [0.1, 0.15) is 22.6 Å². The van der Waals surface area contributed by atoms with Gasteiger partial charge in [-0.05, 0) is 29.2 Å². The normalized spacial score (nSPS) is 16.8. The van der Waals surface area contributed by atoms with Crippen LogP contribution in [-0.4, -0.2) is 10.8 Å². The Kier molecular flexibility index (Phi) is 2.88. The molecule has 0 N–H and O–H groups in total. The molecule has 3 rings (SSSR count). The maximum absolute atomic E-state index is 12.2. The summed E-state index contributed by atoms with van der Waals surface area (Å²) in [6, 6.07) is 9.93. The van der Waals surface area contributed by atoms with Gasteiger partial charge in [-0.15, -0.1) is 0 Å². The molecule has 1 aliphatic rings. The second kappa shape index (κ2) is 4.54. The molecule has 1 aromatic carbocycles. The van der Waals surface area contributed by atoms with Crippen LogP contribution < -0.4 is 0 Å². The van der Waals surface area contributed by atoms with Crippen molar-refractivity contribution in [1.82, 2.24) is 4.98 Å². The Bertz CT molecular complexity index is 609. The minimum atomic E-state index is 0.0467. The molecule has 0 radical (unpaired) electrons. The lowest BCUT2D eigenvalue weighted by atomic mass is 9.74. The molecule has 1 unspecified atom stereocenters. The van der Waals surface area contributed by atoms with E-state index in [9.17, 15) is 4.79 Å². The van der Waals surface area contributed by atoms with Gasteiger partial charge in [0.15, 0.2) is 0 Å². The fraction of sp³-hybridized carbons (Fsp3) is 0.200. The van der Waals surface area contributed by atoms with Gasteiger partial charge in [-0.25, -0.2) is 0 Å². The molecule has 1 atom stereocenters. The highest BCUT2D eigenvalue weighted by Gasteiger charge is 2.31. The van der Waals surface area contributed by atoms with Crippen LogP contribution in [0.2, 0.25) is 5.02 Å². The number of hydrogen-bond acceptors (Lipinski definition) is 2. The number of hydrogen-bond donors (Lipinski definition) is 0. The number of rotatable bonds is 3. The summed E-state index contributed by atoms with van der Waals surface area (Å²) >= 11 is 6.02. The molecule has 0 saturated heterocycles. The third-order valence-electron chi connectivity index (χ3n) is 3.46. The Morgan fingerprint density at radius 3 is 2.94 bits per heavy atom. The summed E-state index contributed by atoms with van der Waals surface area (Å²) in [6.45, 7) is 0. The predicted molar refractivity (Wildman–Crippen MR) is 70.8 cm³/mol. The van der Waals surface area contributed by atoms with Gasteiger partial charge >= 0.3 is 0 Å². The average Bonchev–Trinajstić information content (AvgIpc) is 2.34. The summed E-state index contributed by atoms with van der Waals surface area (Å²) in [7, 11) is 0. The van der Waals surface area contributed by atoms with Gasteiger partial charge in [-0.1, -0.05) is 35.9 Å². The molecule has 2 aromatic rings. The second-order valence-electron chi connectivity index (χ2n) is 4.57. The molecular weight excluding hydrogens is 246 g/mol. The maximum Gasteiger partial charge on any atom is 0.145 e. The number of benzene rings is 1. The van der Waals surface area contributed by atoms with E-state index in [-0.39, 0.29) is 11.7 Å². The molecule has 2 nitrogen and oxygen atoms in total. The average molecular weight is 258 g/mol. The highest BCUT2D eigenvalue weighted by atomic mass is 35.5. The SMILES string of the molecule is O=C(Cc1ccncc1Cl)C1Cc2ccccc21. The second-order valence-corrected chi connectivity index (χ2v) is 4.97. The standard InChI is InChI=1S/C15H12ClNO/c16-14-9-17-6-5-11(14)8-15(18)13-7-10-3-1-2-4-12(10)13/h1-6,9,13H,7-8H2. The van der Waals surface area contributed by atoms with E-state index >= 15 is 0 Å². The van der Waals surface area contributed by atoms with Crippen LogP contribution in [0, 0.1) is 0 Å². The van der Waals surface area contributed by atoms with Crippen LogP contribution in [0.25, 0.3) is 0 Å². The Hall–Kier alpha value is -1.67. The van der Waals surface area contributed by atoms with Gasteiger partial charge in [-0.2, -0.15) is 0 Å². The summed E-state index contributed by atoms with van der Waals surface area (Å²) in [5.74, 6) is 0.284. The number of carbonyl (C=O) groups excluding carboxylic acids is 1. The monoisotopic (exact) mass is 257 g/mol. The molecule has 1 heterocycles. The lowest BCUT2D eigenvalue weighted by molar-refractivity contribution is -0.120. The van der Waals surface area contributed by atoms with Crippen molar-refractivity contribution in [1.29, 1.82) is 0 Å². The van der Waals surface area contributed by atoms with Gasteiger partial charge < -0.3 is 0 Å². The Labute approximate surface area is 111 Å². The first-order valence-electron chi connectivity index (χ1n) is 5.94. The lowest BCUT2D eigenvalue weighted by Crippen LogP contribution is -2.26. The summed E-state index contributed by atoms with van der Waals surface area (Å²) in [5, 5.41) is 0.568. The van der Waals surface area contributed by atoms with Crippen molar-refractivity contribution in [2.75, 3.05) is 0 Å². The Morgan fingerprint density at radius 1 is 1.33 bits per heavy atom. The number of carbonyl (C=O) groups is 1. The zero-order valence-corrected chi connectivity index (χ0v) is 10.5. The van der Waals surface area contributed by atoms with Gasteiger partial charge in [0.25, 0.3) is 0 Å². The van der Waals surface area contributed by atoms with Crippen molar-refractivity contribution in [2.45, 2.75) is 18.8 Å². The fourth-order valence-corrected chi connectivity index (χ4v) is 2.59. The molecule has 90 valence electrons. The number of Topliss-reactive ketones (excluding diaryl/α,β-unsaturated/α-hetero) is 1. The molecule has 18 heavy (non-hydrogen) atoms. The zero-order valence-electron chi connectivity index (χ0n) is 9.77. The summed E-state index contributed by atoms with van der Waals surface area (Å²) in [4.78, 5) is 16.2. The number of aromatic nitrogens is 1. The van der Waals surface area contributed by atoms with Gasteiger partial charge in [0.1, 0.15) is 5.78 Å². The third-order valence-corrected chi connectivity index (χ3v) is 3.80. The van der Waals surface area contributed by atoms with Crippen molar-refractivity contribution >= 4 is 17.4 Å². The van der Waals surface area contributed by atoms with E-state index in [2.05, 4.69) is 11.1 Å². The molecule has 1 aliphatic carbocycles. The summed E-state index contributed by atoms with van der Waals surface area (Å²) in [5.41, 5.74) is 3.32. The van der Waals surface area contributed by atoms with Crippen LogP contribution in [0.15, 0.2) is 42.7 Å². The van der Waals surface area contributed by atoms with Crippen LogP contribution in [0.5, 0.6) is 0 Å². The highest BCUT2D eigenvalue weighted by molar-refractivity contribution is 6.31. The van der Waals surface area contributed by atoms with E-state index < -0.39 is 0 Å². The van der Waals surface area contributed by atoms with E-state index in [1.807, 2.05) is 24.3 Å². The number of ketones is 1. The lowest BCUT2D eigenvalue weighted by Gasteiger charge is -2.28. The van der Waals surface area contributed by atoms with Gasteiger partial charge in [0, 0.05) is 24.7 Å². The number of nitrogens with zero attached hydrogens (tertiary/aromatic N) is 1. The van der Waals surface area contributed by atoms with E-state index in [0.717, 1.165) is 12.0 Å². The molecule has 0 saturated carbocycles. The van der Waals surface area contributed by atoms with Crippen molar-refractivity contribution in [3.63, 3.8) is 0 Å². The highest BCUT2D eigenvalue weighted by Crippen LogP contribution is 2.36. The quantitative estimate of drug-likeness (QED) is 0.845. The molecule has 0 amide bonds. The summed E-state index contributed by atoms with van der Waals surface area (Å²) in [6.07, 6.45) is 4.50. The minimum Gasteiger partial charge on any atom is -0.299 e. The number of halogens is 1. The first-order chi connectivity index (χ1) is 8.75. The van der Waals surface area contributed by atoms with Crippen molar-refractivity contribution < 1.29 is 4.79 Å². The Morgan fingerprint density at radius 2 is 2.17 bits per heavy atom. The van der Waals surface area contributed by atoms with E-state index in [1.165, 1.54) is 11.1 Å². The van der Waals surface area contributed by atoms with Crippen molar-refractivity contribution in [3.05, 3.63) is 64.4 Å². The van der Waals surface area contributed by atoms with E-state index in [0.29, 0.717) is 11.4 Å². The van der Waals surface area contributed by atoms with E-state index in [1.54, 1.807) is 12.4 Å². The van der Waals surface area contributed by atoms with Crippen LogP contribution in [-0.2, 0) is 17.6 Å². The zero-order chi connectivity index (χ0) is 12.5. The smallest absolute Gasteiger partial charge is 0.145 e. The number of pyridine rings is 1.